The first kappa shape index (κ1) is 12.8. The van der Waals surface area contributed by atoms with Gasteiger partial charge in [-0.3, -0.25) is 4.79 Å². The fraction of sp³-hybridized carbons (Fsp3) is 0.923. The predicted octanol–water partition coefficient (Wildman–Crippen LogP) is 1.50. The zero-order valence-electron chi connectivity index (χ0n) is 10.5. The Balaban J connectivity index is 1.77. The molecule has 0 heterocycles. The smallest absolute Gasteiger partial charge is 0.308 e. The number of hydrogen-bond donors (Lipinski definition) is 2. The highest BCUT2D eigenvalue weighted by Crippen LogP contribution is 2.48. The molecule has 0 aliphatic heterocycles. The van der Waals surface area contributed by atoms with Crippen molar-refractivity contribution in [2.75, 3.05) is 19.8 Å². The zero-order chi connectivity index (χ0) is 12.3. The second kappa shape index (κ2) is 5.83. The summed E-state index contributed by atoms with van der Waals surface area (Å²) in [6.45, 7) is 4.38. The highest BCUT2D eigenvalue weighted by molar-refractivity contribution is 5.72. The van der Waals surface area contributed by atoms with E-state index in [0.717, 1.165) is 39.0 Å². The molecule has 4 unspecified atom stereocenters. The van der Waals surface area contributed by atoms with E-state index in [1.165, 1.54) is 6.42 Å². The van der Waals surface area contributed by atoms with E-state index in [1.54, 1.807) is 0 Å². The Morgan fingerprint density at radius 2 is 2.18 bits per heavy atom. The van der Waals surface area contributed by atoms with Crippen molar-refractivity contribution in [1.82, 2.24) is 5.32 Å². The van der Waals surface area contributed by atoms with Crippen molar-refractivity contribution in [3.63, 3.8) is 0 Å². The molecule has 2 saturated carbocycles. The Morgan fingerprint density at radius 3 is 2.88 bits per heavy atom. The van der Waals surface area contributed by atoms with Gasteiger partial charge in [0.1, 0.15) is 0 Å². The largest absolute Gasteiger partial charge is 0.481 e. The number of ether oxygens (including phenoxy) is 1. The number of hydrogen-bond acceptors (Lipinski definition) is 3. The van der Waals surface area contributed by atoms with Gasteiger partial charge in [0.15, 0.2) is 0 Å². The lowest BCUT2D eigenvalue weighted by Crippen LogP contribution is -2.44. The minimum atomic E-state index is -0.612. The van der Waals surface area contributed by atoms with Gasteiger partial charge in [0.25, 0.3) is 0 Å². The monoisotopic (exact) mass is 241 g/mol. The minimum Gasteiger partial charge on any atom is -0.481 e. The summed E-state index contributed by atoms with van der Waals surface area (Å²) < 4.78 is 5.28. The molecule has 4 heteroatoms. The van der Waals surface area contributed by atoms with E-state index in [1.807, 2.05) is 6.92 Å². The highest BCUT2D eigenvalue weighted by Gasteiger charge is 2.50. The van der Waals surface area contributed by atoms with Gasteiger partial charge in [-0.2, -0.15) is 0 Å². The van der Waals surface area contributed by atoms with Crippen molar-refractivity contribution < 1.29 is 14.6 Å². The molecule has 0 aromatic rings. The Kier molecular flexibility index (Phi) is 4.40. The third kappa shape index (κ3) is 2.80. The van der Waals surface area contributed by atoms with Crippen molar-refractivity contribution in [3.05, 3.63) is 0 Å². The number of fused-ring (bicyclic) bond motifs is 2. The molecule has 2 bridgehead atoms. The molecule has 0 saturated heterocycles. The van der Waals surface area contributed by atoms with E-state index < -0.39 is 5.97 Å². The fourth-order valence-corrected chi connectivity index (χ4v) is 3.53. The van der Waals surface area contributed by atoms with Crippen LogP contribution in [0.3, 0.4) is 0 Å². The van der Waals surface area contributed by atoms with E-state index in [-0.39, 0.29) is 12.0 Å². The van der Waals surface area contributed by atoms with Crippen LogP contribution < -0.4 is 5.32 Å². The van der Waals surface area contributed by atoms with E-state index in [0.29, 0.717) is 11.8 Å². The summed E-state index contributed by atoms with van der Waals surface area (Å²) in [6.07, 6.45) is 4.39. The van der Waals surface area contributed by atoms with E-state index in [2.05, 4.69) is 5.32 Å². The standard InChI is InChI=1S/C13H23NO3/c1-2-17-7-3-6-14-12-10-5-4-9(8-10)11(12)13(15)16/h9-12,14H,2-8H2,1H3,(H,15,16). The third-order valence-electron chi connectivity index (χ3n) is 4.25. The first-order valence-corrected chi connectivity index (χ1v) is 6.78. The summed E-state index contributed by atoms with van der Waals surface area (Å²) in [5, 5.41) is 12.7. The molecule has 2 rings (SSSR count). The topological polar surface area (TPSA) is 58.6 Å². The maximum Gasteiger partial charge on any atom is 0.308 e. The summed E-state index contributed by atoms with van der Waals surface area (Å²) in [5.74, 6) is 0.246. The molecule has 2 N–H and O–H groups in total. The summed E-state index contributed by atoms with van der Waals surface area (Å²) in [7, 11) is 0. The van der Waals surface area contributed by atoms with E-state index in [9.17, 15) is 9.90 Å². The second-order valence-electron chi connectivity index (χ2n) is 5.23. The molecule has 2 aliphatic carbocycles. The van der Waals surface area contributed by atoms with Gasteiger partial charge in [-0.1, -0.05) is 0 Å². The van der Waals surface area contributed by atoms with Crippen LogP contribution in [0.2, 0.25) is 0 Å². The molecular formula is C13H23NO3. The molecule has 4 nitrogen and oxygen atoms in total. The van der Waals surface area contributed by atoms with Crippen LogP contribution >= 0.6 is 0 Å². The predicted molar refractivity (Wildman–Crippen MR) is 64.9 cm³/mol. The lowest BCUT2D eigenvalue weighted by atomic mass is 9.84. The van der Waals surface area contributed by atoms with Crippen LogP contribution in [0.4, 0.5) is 0 Å². The van der Waals surface area contributed by atoms with Crippen molar-refractivity contribution >= 4 is 5.97 Å². The van der Waals surface area contributed by atoms with Crippen molar-refractivity contribution in [2.45, 2.75) is 38.6 Å². The van der Waals surface area contributed by atoms with E-state index in [4.69, 9.17) is 4.74 Å². The van der Waals surface area contributed by atoms with E-state index >= 15 is 0 Å². The summed E-state index contributed by atoms with van der Waals surface area (Å²) in [5.41, 5.74) is 0. The van der Waals surface area contributed by atoms with Gasteiger partial charge in [0.2, 0.25) is 0 Å². The van der Waals surface area contributed by atoms with Gasteiger partial charge >= 0.3 is 5.97 Å². The fourth-order valence-electron chi connectivity index (χ4n) is 3.53. The van der Waals surface area contributed by atoms with Gasteiger partial charge in [0, 0.05) is 19.3 Å². The maximum absolute atomic E-state index is 11.3. The molecular weight excluding hydrogens is 218 g/mol. The number of carboxylic acids is 1. The Morgan fingerprint density at radius 1 is 1.41 bits per heavy atom. The Bertz CT molecular complexity index is 269. The molecule has 0 aromatic heterocycles. The molecule has 98 valence electrons. The number of carbonyl (C=O) groups is 1. The van der Waals surface area contributed by atoms with Crippen LogP contribution in [-0.2, 0) is 9.53 Å². The Labute approximate surface area is 103 Å². The molecule has 0 spiro atoms. The average molecular weight is 241 g/mol. The maximum atomic E-state index is 11.3. The highest BCUT2D eigenvalue weighted by atomic mass is 16.5. The van der Waals surface area contributed by atoms with Gasteiger partial charge in [0.05, 0.1) is 5.92 Å². The number of aliphatic carboxylic acids is 1. The normalized spacial score (nSPS) is 35.4. The SMILES string of the molecule is CCOCCCNC1C2CCC(C2)C1C(=O)O. The number of nitrogens with one attached hydrogen (secondary N) is 1. The molecule has 2 aliphatic rings. The summed E-state index contributed by atoms with van der Waals surface area (Å²) >= 11 is 0. The lowest BCUT2D eigenvalue weighted by molar-refractivity contribution is -0.144. The minimum absolute atomic E-state index is 0.152. The van der Waals surface area contributed by atoms with Crippen LogP contribution in [-0.4, -0.2) is 36.9 Å². The van der Waals surface area contributed by atoms with Crippen molar-refractivity contribution in [2.24, 2.45) is 17.8 Å². The molecule has 0 aromatic carbocycles. The summed E-state index contributed by atoms with van der Waals surface area (Å²) in [4.78, 5) is 11.3. The van der Waals surface area contributed by atoms with Crippen LogP contribution in [0.1, 0.15) is 32.6 Å². The molecule has 0 amide bonds. The number of rotatable bonds is 7. The Hall–Kier alpha value is -0.610. The molecule has 2 fully saturated rings. The van der Waals surface area contributed by atoms with Crippen molar-refractivity contribution in [3.8, 4) is 0 Å². The van der Waals surface area contributed by atoms with Crippen molar-refractivity contribution in [1.29, 1.82) is 0 Å². The molecule has 17 heavy (non-hydrogen) atoms. The zero-order valence-corrected chi connectivity index (χ0v) is 10.5. The first-order chi connectivity index (χ1) is 8.24. The van der Waals surface area contributed by atoms with Crippen LogP contribution in [0.15, 0.2) is 0 Å². The second-order valence-corrected chi connectivity index (χ2v) is 5.23. The quantitative estimate of drug-likeness (QED) is 0.663. The van der Waals surface area contributed by atoms with Gasteiger partial charge in [-0.25, -0.2) is 0 Å². The number of carboxylic acid groups (broad SMARTS) is 1. The third-order valence-corrected chi connectivity index (χ3v) is 4.25. The summed E-state index contributed by atoms with van der Waals surface area (Å²) in [6, 6.07) is 0.202. The van der Waals surface area contributed by atoms with Crippen LogP contribution in [0, 0.1) is 17.8 Å². The molecule has 4 atom stereocenters. The van der Waals surface area contributed by atoms with Gasteiger partial charge in [-0.15, -0.1) is 0 Å². The van der Waals surface area contributed by atoms with Gasteiger partial charge in [-0.05, 0) is 51.0 Å². The van der Waals surface area contributed by atoms with Crippen LogP contribution in [0.5, 0.6) is 0 Å². The molecule has 0 radical (unpaired) electrons. The average Bonchev–Trinajstić information content (AvgIpc) is 2.88. The van der Waals surface area contributed by atoms with Gasteiger partial charge < -0.3 is 15.2 Å². The first-order valence-electron chi connectivity index (χ1n) is 6.78. The van der Waals surface area contributed by atoms with Crippen LogP contribution in [0.25, 0.3) is 0 Å². The lowest BCUT2D eigenvalue weighted by Gasteiger charge is -2.29.